The minimum Gasteiger partial charge on any atom is -2.00 e. The number of rotatable bonds is 13. The molecular weight excluding hydrogens is 660 g/mol. The van der Waals surface area contributed by atoms with E-state index in [0.717, 1.165) is 44.3 Å². The number of nitrogens with zero attached hydrogens (tertiary/aromatic N) is 3. The van der Waals surface area contributed by atoms with Gasteiger partial charge in [0.2, 0.25) is 0 Å². The second-order valence-electron chi connectivity index (χ2n) is 9.09. The molecule has 35 heavy (non-hydrogen) atoms. The van der Waals surface area contributed by atoms with Crippen LogP contribution >= 0.6 is 0 Å². The molecule has 0 aromatic heterocycles. The number of Topliss-reactive ketones (excluding diaryl/α,β-unsaturated/α-hetero) is 1. The van der Waals surface area contributed by atoms with Crippen molar-refractivity contribution in [1.29, 1.82) is 0 Å². The van der Waals surface area contributed by atoms with Gasteiger partial charge >= 0.3 is 0 Å². The molecule has 1 radical (unpaired) electrons. The van der Waals surface area contributed by atoms with Crippen LogP contribution in [0.3, 0.4) is 0 Å². The van der Waals surface area contributed by atoms with Gasteiger partial charge in [0, 0.05) is 57.9 Å². The van der Waals surface area contributed by atoms with Gasteiger partial charge in [0.1, 0.15) is 11.6 Å². The molecular formula is C25H35FN3O3ReS2-5. The van der Waals surface area contributed by atoms with Crippen LogP contribution in [0.2, 0.25) is 0 Å². The van der Waals surface area contributed by atoms with Crippen molar-refractivity contribution in [1.82, 2.24) is 9.80 Å². The molecule has 6 nitrogen and oxygen atoms in total. The van der Waals surface area contributed by atoms with E-state index < -0.39 is 0 Å². The predicted octanol–water partition coefficient (Wildman–Crippen LogP) is 2.16. The van der Waals surface area contributed by atoms with Gasteiger partial charge in [-0.3, -0.25) is 9.69 Å². The molecule has 2 bridgehead atoms. The molecule has 4 atom stereocenters. The molecule has 199 valence electrons. The molecule has 10 heteroatoms. The number of carbonyl (C=O) groups is 1. The number of hydrogen-bond donors (Lipinski definition) is 0. The van der Waals surface area contributed by atoms with Crippen LogP contribution in [0.1, 0.15) is 50.5 Å². The summed E-state index contributed by atoms with van der Waals surface area (Å²) >= 11 is 10.0. The minimum atomic E-state index is -0.239. The Morgan fingerprint density at radius 3 is 2.54 bits per heavy atom. The van der Waals surface area contributed by atoms with Crippen LogP contribution in [-0.4, -0.2) is 77.8 Å². The van der Waals surface area contributed by atoms with E-state index in [0.29, 0.717) is 49.4 Å². The van der Waals surface area contributed by atoms with Crippen molar-refractivity contribution in [3.63, 3.8) is 0 Å². The molecule has 0 N–H and O–H groups in total. The smallest absolute Gasteiger partial charge is 0.137 e. The molecule has 2 aliphatic rings. The van der Waals surface area contributed by atoms with Crippen molar-refractivity contribution < 1.29 is 40.2 Å². The average molecular weight is 695 g/mol. The quantitative estimate of drug-likeness (QED) is 0.179. The summed E-state index contributed by atoms with van der Waals surface area (Å²) in [7, 11) is 0. The van der Waals surface area contributed by atoms with Gasteiger partial charge in [0.25, 0.3) is 0 Å². The summed E-state index contributed by atoms with van der Waals surface area (Å²) in [5.41, 5.74) is 1.08. The fourth-order valence-corrected chi connectivity index (χ4v) is 6.03. The Morgan fingerprint density at radius 1 is 1.20 bits per heavy atom. The second kappa shape index (κ2) is 16.4. The van der Waals surface area contributed by atoms with Crippen LogP contribution < -0.4 is 5.11 Å². The summed E-state index contributed by atoms with van der Waals surface area (Å²) in [5.74, 6) is 1.10. The van der Waals surface area contributed by atoms with E-state index >= 15 is 0 Å². The minimum absolute atomic E-state index is 0. The number of benzene rings is 1. The third-order valence-electron chi connectivity index (χ3n) is 7.12. The monoisotopic (exact) mass is 695 g/mol. The molecule has 1 unspecified atom stereocenters. The fraction of sp³-hybridized carbons (Fsp3) is 0.680. The number of aliphatic imine (C=N–C) groups is 1. The van der Waals surface area contributed by atoms with Crippen LogP contribution in [0, 0.1) is 11.7 Å². The molecule has 1 aromatic carbocycles. The SMILES string of the molecule is CCC(=O)[C@@H]1[C@H]2CCC(C[C@H]1c1ccc(F)cc1)N2CCCN(CC[S-])CC([O-])=NCC[S-].[O-2].[Re]. The summed E-state index contributed by atoms with van der Waals surface area (Å²) in [6, 6.07) is 7.40. The predicted molar refractivity (Wildman–Crippen MR) is 135 cm³/mol. The van der Waals surface area contributed by atoms with E-state index in [4.69, 9.17) is 25.3 Å². The van der Waals surface area contributed by atoms with Gasteiger partial charge in [-0.15, -0.1) is 0 Å². The summed E-state index contributed by atoms with van der Waals surface area (Å²) in [5, 5.41) is 12.0. The normalized spacial score (nSPS) is 24.2. The first-order valence-corrected chi connectivity index (χ1v) is 13.3. The Balaban J connectivity index is 0.00000306. The van der Waals surface area contributed by atoms with E-state index in [2.05, 4.69) is 14.8 Å². The van der Waals surface area contributed by atoms with Gasteiger partial charge in [-0.1, -0.05) is 19.1 Å². The number of carbonyl (C=O) groups excluding carboxylic acids is 1. The Hall–Kier alpha value is -0.468. The van der Waals surface area contributed by atoms with Gasteiger partial charge in [-0.05, 0) is 74.8 Å². The summed E-state index contributed by atoms with van der Waals surface area (Å²) in [6.07, 6.45) is 4.52. The van der Waals surface area contributed by atoms with Gasteiger partial charge < -0.3 is 45.7 Å². The molecule has 2 heterocycles. The second-order valence-corrected chi connectivity index (χ2v) is 9.91. The first-order valence-electron chi connectivity index (χ1n) is 12.1. The van der Waals surface area contributed by atoms with Crippen molar-refractivity contribution >= 4 is 36.9 Å². The molecule has 1 aromatic rings. The zero-order valence-electron chi connectivity index (χ0n) is 20.2. The van der Waals surface area contributed by atoms with E-state index in [1.54, 1.807) is 0 Å². The maximum absolute atomic E-state index is 13.5. The van der Waals surface area contributed by atoms with Crippen LogP contribution in [0.15, 0.2) is 29.3 Å². The van der Waals surface area contributed by atoms with Crippen molar-refractivity contribution in [2.45, 2.75) is 57.0 Å². The van der Waals surface area contributed by atoms with Crippen molar-refractivity contribution in [3.8, 4) is 0 Å². The van der Waals surface area contributed by atoms with Crippen LogP contribution in [0.25, 0.3) is 0 Å². The van der Waals surface area contributed by atoms with Crippen LogP contribution in [0.5, 0.6) is 0 Å². The van der Waals surface area contributed by atoms with Gasteiger partial charge in [0.05, 0.1) is 0 Å². The van der Waals surface area contributed by atoms with E-state index in [9.17, 15) is 14.3 Å². The Kier molecular flexibility index (Phi) is 15.2. The maximum atomic E-state index is 13.5. The van der Waals surface area contributed by atoms with Crippen LogP contribution in [-0.2, 0) is 56.0 Å². The molecule has 2 fully saturated rings. The Morgan fingerprint density at radius 2 is 1.91 bits per heavy atom. The summed E-state index contributed by atoms with van der Waals surface area (Å²) in [6.45, 7) is 5.02. The third-order valence-corrected chi connectivity index (χ3v) is 7.48. The molecule has 2 aliphatic heterocycles. The Bertz CT molecular complexity index is 803. The Labute approximate surface area is 233 Å². The zero-order valence-corrected chi connectivity index (χ0v) is 24.6. The molecule has 2 saturated heterocycles. The van der Waals surface area contributed by atoms with E-state index in [1.807, 2.05) is 19.1 Å². The topological polar surface area (TPSA) is 87.5 Å². The van der Waals surface area contributed by atoms with Gasteiger partial charge in [0.15, 0.2) is 0 Å². The number of piperidine rings is 1. The molecule has 0 amide bonds. The fourth-order valence-electron chi connectivity index (χ4n) is 5.68. The van der Waals surface area contributed by atoms with Gasteiger partial charge in [-0.25, -0.2) is 4.39 Å². The first-order chi connectivity index (χ1) is 16.0. The number of halogens is 1. The van der Waals surface area contributed by atoms with Crippen LogP contribution in [0.4, 0.5) is 4.39 Å². The third kappa shape index (κ3) is 8.81. The number of fused-ring (bicyclic) bond motifs is 2. The molecule has 3 rings (SSSR count). The first kappa shape index (κ1) is 32.6. The van der Waals surface area contributed by atoms with Gasteiger partial charge in [-0.2, -0.15) is 11.5 Å². The van der Waals surface area contributed by atoms with E-state index in [-0.39, 0.29) is 55.5 Å². The molecule has 0 saturated carbocycles. The maximum Gasteiger partial charge on any atom is 0.137 e. The average Bonchev–Trinajstić information content (AvgIpc) is 3.08. The van der Waals surface area contributed by atoms with Crippen molar-refractivity contribution in [2.75, 3.05) is 44.2 Å². The summed E-state index contributed by atoms with van der Waals surface area (Å²) < 4.78 is 13.5. The molecule has 0 spiro atoms. The number of hydrogen-bond acceptors (Lipinski definition) is 7. The molecule has 0 aliphatic carbocycles. The van der Waals surface area contributed by atoms with Crippen molar-refractivity contribution in [3.05, 3.63) is 35.6 Å². The van der Waals surface area contributed by atoms with Crippen molar-refractivity contribution in [2.24, 2.45) is 10.9 Å². The largest absolute Gasteiger partial charge is 2.00 e. The number of ketones is 1. The van der Waals surface area contributed by atoms with E-state index in [1.165, 1.54) is 12.1 Å². The zero-order chi connectivity index (χ0) is 23.8. The summed E-state index contributed by atoms with van der Waals surface area (Å²) in [4.78, 5) is 21.7. The standard InChI is InChI=1S/C25H38FN3O2S2.O.Re/c1-2-23(30)25-21(18-4-6-19(26)7-5-18)16-20-8-9-22(25)29(20)12-3-11-28(13-15-33)17-24(31)27-10-14-32;;/h4-7,20-22,25,32-33H,2-3,8-17H2,1H3,(H,27,31);;/q;-2;/p-3/t20?,21-,22+,25-;;/m0../s1.